The molecular formula is C16H21FN4. The number of nitrogens with one attached hydrogen (secondary N) is 1. The molecule has 1 aromatic carbocycles. The zero-order valence-corrected chi connectivity index (χ0v) is 12.3. The van der Waals surface area contributed by atoms with Gasteiger partial charge in [0.25, 0.3) is 0 Å². The maximum atomic E-state index is 13.4. The number of likely N-dealkylation sites (tertiary alicyclic amines) is 1. The fourth-order valence-electron chi connectivity index (χ4n) is 2.92. The topological polar surface area (TPSA) is 41.0 Å². The van der Waals surface area contributed by atoms with Crippen LogP contribution < -0.4 is 5.32 Å². The Morgan fingerprint density at radius 3 is 2.86 bits per heavy atom. The number of hydrogen-bond donors (Lipinski definition) is 1. The van der Waals surface area contributed by atoms with Crippen molar-refractivity contribution in [3.8, 4) is 0 Å². The van der Waals surface area contributed by atoms with Gasteiger partial charge in [0.2, 0.25) is 0 Å². The first kappa shape index (κ1) is 14.2. The molecule has 0 amide bonds. The van der Waals surface area contributed by atoms with E-state index in [4.69, 9.17) is 0 Å². The highest BCUT2D eigenvalue weighted by atomic mass is 19.1. The van der Waals surface area contributed by atoms with Gasteiger partial charge in [0.05, 0.1) is 5.52 Å². The molecule has 2 aromatic rings. The van der Waals surface area contributed by atoms with Crippen LogP contribution in [0.1, 0.15) is 19.8 Å². The molecule has 0 aliphatic carbocycles. The first-order chi connectivity index (χ1) is 10.3. The quantitative estimate of drug-likeness (QED) is 0.939. The fraction of sp³-hybridized carbons (Fsp3) is 0.500. The van der Waals surface area contributed by atoms with Crippen molar-refractivity contribution in [2.24, 2.45) is 5.92 Å². The van der Waals surface area contributed by atoms with Gasteiger partial charge in [-0.25, -0.2) is 14.4 Å². The van der Waals surface area contributed by atoms with Crippen molar-refractivity contribution in [3.05, 3.63) is 30.3 Å². The third kappa shape index (κ3) is 3.29. The Morgan fingerprint density at radius 1 is 1.29 bits per heavy atom. The number of anilines is 1. The van der Waals surface area contributed by atoms with Crippen LogP contribution in [0.4, 0.5) is 10.2 Å². The molecule has 1 aliphatic rings. The van der Waals surface area contributed by atoms with E-state index < -0.39 is 0 Å². The lowest BCUT2D eigenvalue weighted by Gasteiger charge is -2.31. The van der Waals surface area contributed by atoms with E-state index >= 15 is 0 Å². The van der Waals surface area contributed by atoms with E-state index in [1.165, 1.54) is 44.4 Å². The number of piperidine rings is 1. The molecule has 3 rings (SSSR count). The van der Waals surface area contributed by atoms with Crippen molar-refractivity contribution < 1.29 is 4.39 Å². The smallest absolute Gasteiger partial charge is 0.137 e. The fourth-order valence-corrected chi connectivity index (χ4v) is 2.92. The Bertz CT molecular complexity index is 608. The zero-order valence-electron chi connectivity index (χ0n) is 12.3. The Morgan fingerprint density at radius 2 is 2.10 bits per heavy atom. The van der Waals surface area contributed by atoms with Crippen LogP contribution in [0.3, 0.4) is 0 Å². The standard InChI is InChI=1S/C16H21FN4/c1-2-21-7-5-12(6-8-21)10-18-16-14-9-13(17)3-4-15(14)19-11-20-16/h3-4,9,11-12H,2,5-8,10H2,1H3,(H,18,19,20). The molecular weight excluding hydrogens is 267 g/mol. The molecule has 5 heteroatoms. The first-order valence-electron chi connectivity index (χ1n) is 7.62. The molecule has 1 aromatic heterocycles. The van der Waals surface area contributed by atoms with Crippen LogP contribution in [0, 0.1) is 11.7 Å². The van der Waals surface area contributed by atoms with Gasteiger partial charge in [-0.15, -0.1) is 0 Å². The second-order valence-corrected chi connectivity index (χ2v) is 5.64. The van der Waals surface area contributed by atoms with Crippen molar-refractivity contribution in [1.82, 2.24) is 14.9 Å². The predicted molar refractivity (Wildman–Crippen MR) is 82.8 cm³/mol. The van der Waals surface area contributed by atoms with Gasteiger partial charge in [-0.3, -0.25) is 0 Å². The van der Waals surface area contributed by atoms with E-state index in [0.717, 1.165) is 29.8 Å². The summed E-state index contributed by atoms with van der Waals surface area (Å²) in [6.07, 6.45) is 3.94. The van der Waals surface area contributed by atoms with Crippen molar-refractivity contribution >= 4 is 16.7 Å². The van der Waals surface area contributed by atoms with Crippen LogP contribution in [0.15, 0.2) is 24.5 Å². The minimum absolute atomic E-state index is 0.253. The molecule has 0 atom stereocenters. The van der Waals surface area contributed by atoms with E-state index in [-0.39, 0.29) is 5.82 Å². The van der Waals surface area contributed by atoms with E-state index in [1.807, 2.05) is 0 Å². The molecule has 2 heterocycles. The summed E-state index contributed by atoms with van der Waals surface area (Å²) in [7, 11) is 0. The van der Waals surface area contributed by atoms with Crippen LogP contribution >= 0.6 is 0 Å². The molecule has 1 N–H and O–H groups in total. The van der Waals surface area contributed by atoms with Gasteiger partial charge in [-0.2, -0.15) is 0 Å². The van der Waals surface area contributed by atoms with Crippen molar-refractivity contribution in [2.75, 3.05) is 31.5 Å². The highest BCUT2D eigenvalue weighted by Gasteiger charge is 2.18. The lowest BCUT2D eigenvalue weighted by molar-refractivity contribution is 0.198. The molecule has 0 bridgehead atoms. The average molecular weight is 288 g/mol. The lowest BCUT2D eigenvalue weighted by atomic mass is 9.97. The monoisotopic (exact) mass is 288 g/mol. The summed E-state index contributed by atoms with van der Waals surface area (Å²) in [6, 6.07) is 4.62. The van der Waals surface area contributed by atoms with Gasteiger partial charge in [0.1, 0.15) is 18.0 Å². The molecule has 1 fully saturated rings. The minimum Gasteiger partial charge on any atom is -0.369 e. The second-order valence-electron chi connectivity index (χ2n) is 5.64. The highest BCUT2D eigenvalue weighted by molar-refractivity contribution is 5.88. The molecule has 0 spiro atoms. The molecule has 0 saturated carbocycles. The summed E-state index contributed by atoms with van der Waals surface area (Å²) >= 11 is 0. The zero-order chi connectivity index (χ0) is 14.7. The maximum absolute atomic E-state index is 13.4. The Hall–Kier alpha value is -1.75. The predicted octanol–water partition coefficient (Wildman–Crippen LogP) is 2.91. The molecule has 112 valence electrons. The van der Waals surface area contributed by atoms with E-state index in [1.54, 1.807) is 6.07 Å². The Kier molecular flexibility index (Phi) is 4.29. The number of aromatic nitrogens is 2. The number of fused-ring (bicyclic) bond motifs is 1. The number of nitrogens with zero attached hydrogens (tertiary/aromatic N) is 3. The first-order valence-corrected chi connectivity index (χ1v) is 7.62. The van der Waals surface area contributed by atoms with Crippen LogP contribution in [-0.4, -0.2) is 41.0 Å². The third-order valence-corrected chi connectivity index (χ3v) is 4.31. The molecule has 0 unspecified atom stereocenters. The highest BCUT2D eigenvalue weighted by Crippen LogP contribution is 2.22. The van der Waals surface area contributed by atoms with Crippen molar-refractivity contribution in [2.45, 2.75) is 19.8 Å². The summed E-state index contributed by atoms with van der Waals surface area (Å²) in [6.45, 7) is 6.57. The van der Waals surface area contributed by atoms with E-state index in [9.17, 15) is 4.39 Å². The Labute approximate surface area is 124 Å². The maximum Gasteiger partial charge on any atom is 0.137 e. The van der Waals surface area contributed by atoms with Crippen LogP contribution in [0.2, 0.25) is 0 Å². The second kappa shape index (κ2) is 6.35. The Balaban J connectivity index is 1.67. The molecule has 21 heavy (non-hydrogen) atoms. The van der Waals surface area contributed by atoms with Gasteiger partial charge >= 0.3 is 0 Å². The molecule has 1 saturated heterocycles. The number of halogens is 1. The number of benzene rings is 1. The number of hydrogen-bond acceptors (Lipinski definition) is 4. The lowest BCUT2D eigenvalue weighted by Crippen LogP contribution is -2.35. The summed E-state index contributed by atoms with van der Waals surface area (Å²) < 4.78 is 13.4. The normalized spacial score (nSPS) is 17.2. The van der Waals surface area contributed by atoms with Crippen molar-refractivity contribution in [3.63, 3.8) is 0 Å². The largest absolute Gasteiger partial charge is 0.369 e. The van der Waals surface area contributed by atoms with Gasteiger partial charge in [0, 0.05) is 11.9 Å². The van der Waals surface area contributed by atoms with E-state index in [0.29, 0.717) is 5.92 Å². The van der Waals surface area contributed by atoms with Gasteiger partial charge < -0.3 is 10.2 Å². The SMILES string of the molecule is CCN1CCC(CNc2ncnc3ccc(F)cc23)CC1. The van der Waals surface area contributed by atoms with Crippen LogP contribution in [0.25, 0.3) is 10.9 Å². The van der Waals surface area contributed by atoms with E-state index in [2.05, 4.69) is 27.1 Å². The summed E-state index contributed by atoms with van der Waals surface area (Å²) in [4.78, 5) is 10.9. The van der Waals surface area contributed by atoms with Crippen molar-refractivity contribution in [1.29, 1.82) is 0 Å². The molecule has 1 aliphatic heterocycles. The summed E-state index contributed by atoms with van der Waals surface area (Å²) in [5.74, 6) is 1.14. The molecule has 0 radical (unpaired) electrons. The van der Waals surface area contributed by atoms with Crippen LogP contribution in [-0.2, 0) is 0 Å². The third-order valence-electron chi connectivity index (χ3n) is 4.31. The minimum atomic E-state index is -0.253. The van der Waals surface area contributed by atoms with Gasteiger partial charge in [-0.05, 0) is 56.6 Å². The summed E-state index contributed by atoms with van der Waals surface area (Å²) in [5.41, 5.74) is 0.773. The molecule has 4 nitrogen and oxygen atoms in total. The van der Waals surface area contributed by atoms with Gasteiger partial charge in [-0.1, -0.05) is 6.92 Å². The van der Waals surface area contributed by atoms with Gasteiger partial charge in [0.15, 0.2) is 0 Å². The summed E-state index contributed by atoms with van der Waals surface area (Å²) in [5, 5.41) is 4.13. The van der Waals surface area contributed by atoms with Crippen LogP contribution in [0.5, 0.6) is 0 Å². The number of rotatable bonds is 4. The average Bonchev–Trinajstić information content (AvgIpc) is 2.53.